The van der Waals surface area contributed by atoms with Crippen molar-refractivity contribution in [3.8, 4) is 11.5 Å². The summed E-state index contributed by atoms with van der Waals surface area (Å²) in [4.78, 5) is 0. The predicted molar refractivity (Wildman–Crippen MR) is 90.2 cm³/mol. The molecule has 1 heterocycles. The van der Waals surface area contributed by atoms with Gasteiger partial charge in [0.05, 0.1) is 10.6 Å². The van der Waals surface area contributed by atoms with E-state index in [1.165, 1.54) is 28.5 Å². The monoisotopic (exact) mass is 330 g/mol. The Labute approximate surface area is 138 Å². The van der Waals surface area contributed by atoms with Crippen LogP contribution in [0, 0.1) is 13.8 Å². The van der Waals surface area contributed by atoms with Crippen LogP contribution in [0.5, 0.6) is 0 Å². The molecule has 3 rings (SSSR count). The molecular formula is C17H15ClN2OS. The van der Waals surface area contributed by atoms with E-state index in [0.29, 0.717) is 16.1 Å². The third-order valence-electron chi connectivity index (χ3n) is 3.37. The minimum Gasteiger partial charge on any atom is -0.411 e. The van der Waals surface area contributed by atoms with Gasteiger partial charge in [0, 0.05) is 5.75 Å². The van der Waals surface area contributed by atoms with Crippen LogP contribution in [0.2, 0.25) is 5.02 Å². The standard InChI is InChI=1S/C17H15ClN2OS/c1-11-7-8-12(2)13(9-11)10-22-17-20-19-16(21-17)14-5-3-4-6-15(14)18/h3-9H,10H2,1-2H3. The highest BCUT2D eigenvalue weighted by Crippen LogP contribution is 2.30. The molecule has 3 aromatic rings. The van der Waals surface area contributed by atoms with Gasteiger partial charge in [0.2, 0.25) is 5.89 Å². The van der Waals surface area contributed by atoms with E-state index in [1.54, 1.807) is 0 Å². The normalized spacial score (nSPS) is 10.9. The van der Waals surface area contributed by atoms with E-state index in [9.17, 15) is 0 Å². The molecule has 0 unspecified atom stereocenters. The van der Waals surface area contributed by atoms with Gasteiger partial charge >= 0.3 is 0 Å². The van der Waals surface area contributed by atoms with Gasteiger partial charge in [0.1, 0.15) is 0 Å². The Kier molecular flexibility index (Phi) is 4.50. The lowest BCUT2D eigenvalue weighted by atomic mass is 10.1. The Bertz CT molecular complexity index is 801. The van der Waals surface area contributed by atoms with E-state index in [2.05, 4.69) is 42.2 Å². The molecule has 0 radical (unpaired) electrons. The van der Waals surface area contributed by atoms with Gasteiger partial charge in [0.15, 0.2) is 0 Å². The predicted octanol–water partition coefficient (Wildman–Crippen LogP) is 5.30. The lowest BCUT2D eigenvalue weighted by molar-refractivity contribution is 0.466. The van der Waals surface area contributed by atoms with E-state index in [-0.39, 0.29) is 0 Å². The van der Waals surface area contributed by atoms with Crippen LogP contribution in [0.4, 0.5) is 0 Å². The average Bonchev–Trinajstić information content (AvgIpc) is 2.97. The molecule has 3 nitrogen and oxygen atoms in total. The summed E-state index contributed by atoms with van der Waals surface area (Å²) in [5.74, 6) is 1.26. The van der Waals surface area contributed by atoms with Crippen LogP contribution >= 0.6 is 23.4 Å². The van der Waals surface area contributed by atoms with Crippen LogP contribution in [0.3, 0.4) is 0 Å². The summed E-state index contributed by atoms with van der Waals surface area (Å²) in [5.41, 5.74) is 4.56. The largest absolute Gasteiger partial charge is 0.411 e. The molecule has 0 atom stereocenters. The fourth-order valence-electron chi connectivity index (χ4n) is 2.11. The molecule has 0 aliphatic rings. The SMILES string of the molecule is Cc1ccc(C)c(CSc2nnc(-c3ccccc3Cl)o2)c1. The lowest BCUT2D eigenvalue weighted by Gasteiger charge is -2.04. The third kappa shape index (κ3) is 3.34. The van der Waals surface area contributed by atoms with Crippen LogP contribution in [-0.4, -0.2) is 10.2 Å². The van der Waals surface area contributed by atoms with Crippen molar-refractivity contribution < 1.29 is 4.42 Å². The zero-order chi connectivity index (χ0) is 15.5. The summed E-state index contributed by atoms with van der Waals surface area (Å²) in [7, 11) is 0. The number of benzene rings is 2. The van der Waals surface area contributed by atoms with Crippen molar-refractivity contribution in [3.05, 3.63) is 64.2 Å². The molecule has 0 saturated heterocycles. The summed E-state index contributed by atoms with van der Waals surface area (Å²) < 4.78 is 5.70. The van der Waals surface area contributed by atoms with Crippen molar-refractivity contribution >= 4 is 23.4 Å². The molecule has 112 valence electrons. The first kappa shape index (κ1) is 15.1. The van der Waals surface area contributed by atoms with Crippen LogP contribution in [0.25, 0.3) is 11.5 Å². The molecule has 0 saturated carbocycles. The number of thioether (sulfide) groups is 1. The maximum absolute atomic E-state index is 6.14. The van der Waals surface area contributed by atoms with Crippen molar-refractivity contribution in [2.45, 2.75) is 24.8 Å². The molecule has 5 heteroatoms. The molecule has 1 aromatic heterocycles. The molecule has 0 spiro atoms. The van der Waals surface area contributed by atoms with E-state index in [1.807, 2.05) is 24.3 Å². The second kappa shape index (κ2) is 6.55. The van der Waals surface area contributed by atoms with Crippen LogP contribution in [0.1, 0.15) is 16.7 Å². The molecule has 0 bridgehead atoms. The van der Waals surface area contributed by atoms with E-state index in [4.69, 9.17) is 16.0 Å². The Morgan fingerprint density at radius 1 is 1.09 bits per heavy atom. The van der Waals surface area contributed by atoms with Gasteiger partial charge < -0.3 is 4.42 Å². The third-order valence-corrected chi connectivity index (χ3v) is 4.56. The molecule has 0 N–H and O–H groups in total. The smallest absolute Gasteiger partial charge is 0.277 e. The van der Waals surface area contributed by atoms with Gasteiger partial charge in [-0.3, -0.25) is 0 Å². The first-order valence-corrected chi connectivity index (χ1v) is 8.27. The van der Waals surface area contributed by atoms with Gasteiger partial charge in [-0.15, -0.1) is 10.2 Å². The van der Waals surface area contributed by atoms with E-state index >= 15 is 0 Å². The summed E-state index contributed by atoms with van der Waals surface area (Å²) in [6.45, 7) is 4.20. The molecule has 22 heavy (non-hydrogen) atoms. The highest BCUT2D eigenvalue weighted by molar-refractivity contribution is 7.98. The Morgan fingerprint density at radius 2 is 1.91 bits per heavy atom. The zero-order valence-electron chi connectivity index (χ0n) is 12.3. The van der Waals surface area contributed by atoms with Crippen molar-refractivity contribution in [3.63, 3.8) is 0 Å². The number of rotatable bonds is 4. The van der Waals surface area contributed by atoms with Crippen molar-refractivity contribution in [1.29, 1.82) is 0 Å². The molecule has 2 aromatic carbocycles. The number of halogens is 1. The maximum atomic E-state index is 6.14. The highest BCUT2D eigenvalue weighted by atomic mass is 35.5. The first-order chi connectivity index (χ1) is 10.6. The second-order valence-electron chi connectivity index (χ2n) is 5.07. The fraction of sp³-hybridized carbons (Fsp3) is 0.176. The van der Waals surface area contributed by atoms with Crippen LogP contribution in [-0.2, 0) is 5.75 Å². The van der Waals surface area contributed by atoms with Gasteiger partial charge in [-0.2, -0.15) is 0 Å². The maximum Gasteiger partial charge on any atom is 0.277 e. The Morgan fingerprint density at radius 3 is 2.73 bits per heavy atom. The number of hydrogen-bond donors (Lipinski definition) is 0. The van der Waals surface area contributed by atoms with Crippen molar-refractivity contribution in [2.24, 2.45) is 0 Å². The summed E-state index contributed by atoms with van der Waals surface area (Å²) >= 11 is 7.68. The fourth-order valence-corrected chi connectivity index (χ4v) is 3.15. The topological polar surface area (TPSA) is 38.9 Å². The average molecular weight is 331 g/mol. The number of hydrogen-bond acceptors (Lipinski definition) is 4. The molecule has 0 amide bonds. The molecular weight excluding hydrogens is 316 g/mol. The van der Waals surface area contributed by atoms with Crippen LogP contribution in [0.15, 0.2) is 52.1 Å². The van der Waals surface area contributed by atoms with Crippen molar-refractivity contribution in [2.75, 3.05) is 0 Å². The van der Waals surface area contributed by atoms with E-state index < -0.39 is 0 Å². The van der Waals surface area contributed by atoms with Gasteiger partial charge in [-0.25, -0.2) is 0 Å². The lowest BCUT2D eigenvalue weighted by Crippen LogP contribution is -1.87. The number of nitrogens with zero attached hydrogens (tertiary/aromatic N) is 2. The summed E-state index contributed by atoms with van der Waals surface area (Å²) in [6, 6.07) is 13.9. The highest BCUT2D eigenvalue weighted by Gasteiger charge is 2.12. The van der Waals surface area contributed by atoms with E-state index in [0.717, 1.165) is 11.3 Å². The summed E-state index contributed by atoms with van der Waals surface area (Å²) in [5, 5.41) is 9.33. The number of aryl methyl sites for hydroxylation is 2. The van der Waals surface area contributed by atoms with Gasteiger partial charge in [0.25, 0.3) is 5.22 Å². The van der Waals surface area contributed by atoms with Crippen LogP contribution < -0.4 is 0 Å². The minimum atomic E-state index is 0.453. The quantitative estimate of drug-likeness (QED) is 0.608. The first-order valence-electron chi connectivity index (χ1n) is 6.91. The summed E-state index contributed by atoms with van der Waals surface area (Å²) in [6.07, 6.45) is 0. The second-order valence-corrected chi connectivity index (χ2v) is 6.41. The Balaban J connectivity index is 1.75. The molecule has 0 aliphatic heterocycles. The minimum absolute atomic E-state index is 0.453. The van der Waals surface area contributed by atoms with Gasteiger partial charge in [-0.05, 0) is 37.1 Å². The number of aromatic nitrogens is 2. The van der Waals surface area contributed by atoms with Gasteiger partial charge in [-0.1, -0.05) is 59.3 Å². The zero-order valence-corrected chi connectivity index (χ0v) is 13.9. The Hall–Kier alpha value is -1.78. The molecule has 0 fully saturated rings. The van der Waals surface area contributed by atoms with Crippen molar-refractivity contribution in [1.82, 2.24) is 10.2 Å². The molecule has 0 aliphatic carbocycles.